The van der Waals surface area contributed by atoms with Gasteiger partial charge in [-0.1, -0.05) is 93.3 Å². The molecule has 2 aromatic rings. The van der Waals surface area contributed by atoms with Crippen LogP contribution in [-0.2, 0) is 12.4 Å². The van der Waals surface area contributed by atoms with E-state index in [4.69, 9.17) is 91.0 Å². The number of carboxylic acid groups (broad SMARTS) is 1. The van der Waals surface area contributed by atoms with Crippen LogP contribution in [0.5, 0.6) is 5.75 Å². The first-order valence-electron chi connectivity index (χ1n) is 7.59. The van der Waals surface area contributed by atoms with Crippen LogP contribution in [0.4, 0.5) is 0 Å². The van der Waals surface area contributed by atoms with Gasteiger partial charge in [0.15, 0.2) is 17.5 Å². The Labute approximate surface area is 200 Å². The Hall–Kier alpha value is -0.730. The fourth-order valence-corrected chi connectivity index (χ4v) is 2.63. The van der Waals surface area contributed by atoms with Crippen LogP contribution in [0.15, 0.2) is 18.2 Å². The largest absolute Gasteiger partial charge is 0.491 e. The number of carbonyl (C=O) groups is 1. The van der Waals surface area contributed by atoms with E-state index in [1.165, 1.54) is 6.08 Å². The Kier molecular flexibility index (Phi) is 8.51. The van der Waals surface area contributed by atoms with Crippen molar-refractivity contribution >= 4 is 99.3 Å². The van der Waals surface area contributed by atoms with E-state index in [1.807, 2.05) is 0 Å². The molecule has 0 aliphatic rings. The number of rotatable bonds is 6. The van der Waals surface area contributed by atoms with Crippen molar-refractivity contribution in [2.75, 3.05) is 6.61 Å². The number of aromatic nitrogens is 3. The summed E-state index contributed by atoms with van der Waals surface area (Å²) in [7, 11) is 0. The van der Waals surface area contributed by atoms with Crippen LogP contribution in [0.3, 0.4) is 0 Å². The smallest absolute Gasteiger partial charge is 0.306 e. The van der Waals surface area contributed by atoms with Crippen LogP contribution in [0, 0.1) is 0 Å². The topological polar surface area (TPSA) is 85.2 Å². The SMILES string of the molecule is O=C(O)CCOc1ccc(C=Cc2nc(C(Cl)(Cl)Cl)nc(C(Cl)(Cl)Cl)n2)cc1Cl. The molecule has 2 rings (SSSR count). The lowest BCUT2D eigenvalue weighted by Gasteiger charge is -2.14. The lowest BCUT2D eigenvalue weighted by atomic mass is 10.2. The van der Waals surface area contributed by atoms with E-state index in [9.17, 15) is 4.79 Å². The fourth-order valence-electron chi connectivity index (χ4n) is 1.88. The summed E-state index contributed by atoms with van der Waals surface area (Å²) < 4.78 is 1.41. The number of ether oxygens (including phenoxy) is 1. The molecule has 0 saturated heterocycles. The summed E-state index contributed by atoms with van der Waals surface area (Å²) in [5, 5.41) is 8.92. The molecule has 29 heavy (non-hydrogen) atoms. The molecule has 6 nitrogen and oxygen atoms in total. The first-order chi connectivity index (χ1) is 13.4. The van der Waals surface area contributed by atoms with Crippen molar-refractivity contribution in [3.8, 4) is 5.75 Å². The quantitative estimate of drug-likeness (QED) is 0.439. The molecule has 156 valence electrons. The van der Waals surface area contributed by atoms with Gasteiger partial charge in [-0.05, 0) is 23.8 Å². The van der Waals surface area contributed by atoms with Crippen LogP contribution in [0.25, 0.3) is 12.2 Å². The van der Waals surface area contributed by atoms with Gasteiger partial charge in [0.2, 0.25) is 7.59 Å². The molecule has 1 aromatic heterocycles. The van der Waals surface area contributed by atoms with Gasteiger partial charge < -0.3 is 9.84 Å². The second-order valence-electron chi connectivity index (χ2n) is 5.35. The maximum absolute atomic E-state index is 10.5. The minimum atomic E-state index is -1.95. The Morgan fingerprint density at radius 1 is 1.00 bits per heavy atom. The summed E-state index contributed by atoms with van der Waals surface area (Å²) in [5.41, 5.74) is 0.659. The van der Waals surface area contributed by atoms with Crippen LogP contribution < -0.4 is 4.74 Å². The van der Waals surface area contributed by atoms with Crippen molar-refractivity contribution in [3.63, 3.8) is 0 Å². The number of halogens is 7. The summed E-state index contributed by atoms with van der Waals surface area (Å²) >= 11 is 41.1. The summed E-state index contributed by atoms with van der Waals surface area (Å²) in [5.74, 6) is -0.957. The number of nitrogens with zero attached hydrogens (tertiary/aromatic N) is 3. The van der Waals surface area contributed by atoms with Crippen molar-refractivity contribution < 1.29 is 14.6 Å². The van der Waals surface area contributed by atoms with Gasteiger partial charge in [-0.3, -0.25) is 4.79 Å². The Bertz CT molecular complexity index is 895. The molecule has 0 aliphatic heterocycles. The highest BCUT2D eigenvalue weighted by Gasteiger charge is 2.33. The molecule has 1 heterocycles. The molecule has 1 N–H and O–H groups in total. The molecule has 0 aliphatic carbocycles. The summed E-state index contributed by atoms with van der Waals surface area (Å²) in [4.78, 5) is 22.5. The third-order valence-corrected chi connectivity index (χ3v) is 4.42. The normalized spacial score (nSPS) is 12.4. The van der Waals surface area contributed by atoms with E-state index < -0.39 is 13.6 Å². The van der Waals surface area contributed by atoms with E-state index >= 15 is 0 Å². The zero-order valence-electron chi connectivity index (χ0n) is 14.1. The molecule has 0 unspecified atom stereocenters. The molecular weight excluding hydrogens is 530 g/mol. The second-order valence-corrected chi connectivity index (χ2v) is 10.3. The summed E-state index contributed by atoms with van der Waals surface area (Å²) in [6.45, 7) is -0.00525. The van der Waals surface area contributed by atoms with Crippen molar-refractivity contribution in [1.29, 1.82) is 0 Å². The van der Waals surface area contributed by atoms with E-state index in [0.717, 1.165) is 0 Å². The predicted molar refractivity (Wildman–Crippen MR) is 116 cm³/mol. The van der Waals surface area contributed by atoms with Crippen molar-refractivity contribution in [3.05, 3.63) is 46.3 Å². The lowest BCUT2D eigenvalue weighted by Crippen LogP contribution is -2.16. The predicted octanol–water partition coefficient (Wildman–Crippen LogP) is 6.20. The maximum atomic E-state index is 10.5. The van der Waals surface area contributed by atoms with E-state index in [1.54, 1.807) is 24.3 Å². The minimum absolute atomic E-state index is 0.00525. The number of benzene rings is 1. The number of alkyl halides is 6. The van der Waals surface area contributed by atoms with Gasteiger partial charge in [0.25, 0.3) is 0 Å². The van der Waals surface area contributed by atoms with Crippen LogP contribution in [0.1, 0.15) is 29.5 Å². The number of carboxylic acids is 1. The highest BCUT2D eigenvalue weighted by molar-refractivity contribution is 6.67. The van der Waals surface area contributed by atoms with Gasteiger partial charge in [0.05, 0.1) is 18.1 Å². The second kappa shape index (κ2) is 10.1. The molecular formula is C16H10Cl7N3O3. The van der Waals surface area contributed by atoms with Crippen molar-refractivity contribution in [2.24, 2.45) is 0 Å². The van der Waals surface area contributed by atoms with Crippen molar-refractivity contribution in [1.82, 2.24) is 15.0 Å². The zero-order chi connectivity index (χ0) is 21.8. The molecule has 0 atom stereocenters. The molecule has 0 spiro atoms. The monoisotopic (exact) mass is 537 g/mol. The van der Waals surface area contributed by atoms with Crippen LogP contribution >= 0.6 is 81.2 Å². The summed E-state index contributed by atoms with van der Waals surface area (Å²) in [6.07, 6.45) is 2.96. The van der Waals surface area contributed by atoms with E-state index in [2.05, 4.69) is 15.0 Å². The van der Waals surface area contributed by atoms with E-state index in [-0.39, 0.29) is 35.5 Å². The van der Waals surface area contributed by atoms with Gasteiger partial charge in [-0.15, -0.1) is 0 Å². The fraction of sp³-hybridized carbons (Fsp3) is 0.250. The Morgan fingerprint density at radius 2 is 1.59 bits per heavy atom. The van der Waals surface area contributed by atoms with Gasteiger partial charge in [0, 0.05) is 0 Å². The Balaban J connectivity index is 2.26. The zero-order valence-corrected chi connectivity index (χ0v) is 19.3. The van der Waals surface area contributed by atoms with Crippen LogP contribution in [-0.4, -0.2) is 32.6 Å². The summed E-state index contributed by atoms with van der Waals surface area (Å²) in [6, 6.07) is 4.88. The molecule has 0 fully saturated rings. The van der Waals surface area contributed by atoms with Gasteiger partial charge in [-0.25, -0.2) is 15.0 Å². The molecule has 0 radical (unpaired) electrons. The van der Waals surface area contributed by atoms with Crippen molar-refractivity contribution in [2.45, 2.75) is 14.0 Å². The lowest BCUT2D eigenvalue weighted by molar-refractivity contribution is -0.137. The standard InChI is InChI=1S/C16H10Cl7N3O3/c17-9-7-8(1-3-10(9)29-6-5-12(27)28)2-4-11-24-13(15(18,19)20)26-14(25-11)16(21,22)23/h1-4,7H,5-6H2,(H,27,28). The molecule has 0 amide bonds. The number of hydrogen-bond donors (Lipinski definition) is 1. The molecule has 0 saturated carbocycles. The third-order valence-electron chi connectivity index (χ3n) is 3.11. The van der Waals surface area contributed by atoms with Gasteiger partial charge in [0.1, 0.15) is 5.75 Å². The van der Waals surface area contributed by atoms with Crippen LogP contribution in [0.2, 0.25) is 5.02 Å². The molecule has 1 aromatic carbocycles. The van der Waals surface area contributed by atoms with E-state index in [0.29, 0.717) is 11.3 Å². The first-order valence-corrected chi connectivity index (χ1v) is 10.2. The highest BCUT2D eigenvalue weighted by Crippen LogP contribution is 2.40. The minimum Gasteiger partial charge on any atom is -0.491 e. The van der Waals surface area contributed by atoms with Gasteiger partial charge in [-0.2, -0.15) is 0 Å². The highest BCUT2D eigenvalue weighted by atomic mass is 35.6. The third kappa shape index (κ3) is 7.79. The first kappa shape index (κ1) is 24.5. The Morgan fingerprint density at radius 3 is 2.07 bits per heavy atom. The average molecular weight is 540 g/mol. The average Bonchev–Trinajstić information content (AvgIpc) is 2.59. The molecule has 0 bridgehead atoms. The van der Waals surface area contributed by atoms with Gasteiger partial charge >= 0.3 is 5.97 Å². The number of aliphatic carboxylic acids is 1. The maximum Gasteiger partial charge on any atom is 0.306 e. The number of hydrogen-bond acceptors (Lipinski definition) is 5. The molecule has 13 heteroatoms.